The Labute approximate surface area is 148 Å². The maximum atomic E-state index is 12.2. The minimum absolute atomic E-state index is 0.145. The number of fused-ring (bicyclic) bond motifs is 1. The summed E-state index contributed by atoms with van der Waals surface area (Å²) in [6.45, 7) is 2.63. The van der Waals surface area contributed by atoms with Crippen molar-refractivity contribution in [3.8, 4) is 0 Å². The van der Waals surface area contributed by atoms with Crippen LogP contribution in [0.15, 0.2) is 51.8 Å². The molecule has 0 radical (unpaired) electrons. The summed E-state index contributed by atoms with van der Waals surface area (Å²) in [4.78, 5) is 39.8. The summed E-state index contributed by atoms with van der Waals surface area (Å²) in [5.74, 6) is -1.05. The van der Waals surface area contributed by atoms with Crippen LogP contribution in [0.1, 0.15) is 21.7 Å². The maximum absolute atomic E-state index is 12.2. The molecule has 7 nitrogen and oxygen atoms in total. The van der Waals surface area contributed by atoms with Crippen molar-refractivity contribution in [2.75, 3.05) is 11.9 Å². The predicted molar refractivity (Wildman–Crippen MR) is 95.1 cm³/mol. The lowest BCUT2D eigenvalue weighted by Crippen LogP contribution is -2.22. The summed E-state index contributed by atoms with van der Waals surface area (Å²) in [7, 11) is 0. The molecular weight excluding hydrogens is 336 g/mol. The summed E-state index contributed by atoms with van der Waals surface area (Å²) in [5, 5.41) is 3.48. The van der Waals surface area contributed by atoms with Crippen LogP contribution in [0.25, 0.3) is 10.9 Å². The molecule has 0 saturated heterocycles. The van der Waals surface area contributed by atoms with E-state index < -0.39 is 24.1 Å². The van der Waals surface area contributed by atoms with Crippen LogP contribution >= 0.6 is 0 Å². The lowest BCUT2D eigenvalue weighted by Gasteiger charge is -2.10. The van der Waals surface area contributed by atoms with E-state index in [0.29, 0.717) is 11.3 Å². The van der Waals surface area contributed by atoms with E-state index >= 15 is 0 Å². The van der Waals surface area contributed by atoms with Gasteiger partial charge in [-0.25, -0.2) is 9.59 Å². The summed E-state index contributed by atoms with van der Waals surface area (Å²) in [5.41, 5.74) is 1.36. The average Bonchev–Trinajstić information content (AvgIpc) is 2.59. The molecule has 0 fully saturated rings. The zero-order chi connectivity index (χ0) is 18.7. The van der Waals surface area contributed by atoms with Crippen molar-refractivity contribution in [2.45, 2.75) is 13.8 Å². The van der Waals surface area contributed by atoms with E-state index in [1.165, 1.54) is 13.0 Å². The molecule has 3 rings (SSSR count). The minimum Gasteiger partial charge on any atom is -0.452 e. The number of amides is 1. The van der Waals surface area contributed by atoms with Gasteiger partial charge in [-0.1, -0.05) is 6.07 Å². The molecule has 1 amide bonds. The zero-order valence-corrected chi connectivity index (χ0v) is 14.2. The number of esters is 1. The number of carbonyl (C=O) groups is 2. The van der Waals surface area contributed by atoms with Crippen molar-refractivity contribution in [1.82, 2.24) is 4.98 Å². The molecule has 1 aromatic carbocycles. The summed E-state index contributed by atoms with van der Waals surface area (Å²) >= 11 is 0. The Hall–Kier alpha value is -3.48. The number of pyridine rings is 1. The number of hydrogen-bond acceptors (Lipinski definition) is 6. The van der Waals surface area contributed by atoms with Crippen LogP contribution in [0.5, 0.6) is 0 Å². The minimum atomic E-state index is -0.724. The first-order valence-corrected chi connectivity index (χ1v) is 7.88. The summed E-state index contributed by atoms with van der Waals surface area (Å²) in [6.07, 6.45) is 1.67. The van der Waals surface area contributed by atoms with Crippen LogP contribution in [-0.2, 0) is 9.53 Å². The number of nitrogens with one attached hydrogen (secondary N) is 1. The van der Waals surface area contributed by atoms with Gasteiger partial charge in [-0.05, 0) is 43.7 Å². The van der Waals surface area contributed by atoms with Gasteiger partial charge >= 0.3 is 11.6 Å². The third-order valence-electron chi connectivity index (χ3n) is 3.79. The van der Waals surface area contributed by atoms with E-state index in [2.05, 4.69) is 10.3 Å². The summed E-state index contributed by atoms with van der Waals surface area (Å²) < 4.78 is 9.94. The van der Waals surface area contributed by atoms with Gasteiger partial charge in [0, 0.05) is 17.6 Å². The molecule has 2 aromatic heterocycles. The zero-order valence-electron chi connectivity index (χ0n) is 14.2. The smallest absolute Gasteiger partial charge is 0.342 e. The fraction of sp³-hybridized carbons (Fsp3) is 0.158. The number of aromatic nitrogens is 1. The van der Waals surface area contributed by atoms with Crippen LogP contribution in [0.4, 0.5) is 5.69 Å². The van der Waals surface area contributed by atoms with Crippen LogP contribution < -0.4 is 10.9 Å². The highest BCUT2D eigenvalue weighted by Gasteiger charge is 2.18. The van der Waals surface area contributed by atoms with Crippen LogP contribution in [0, 0.1) is 13.8 Å². The standard InChI is InChI=1S/C19H16N2O5/c1-11-9-17(23)26-12(2)18(11)19(24)25-10-16(22)21-15-7-3-6-14-13(15)5-4-8-20-14/h3-9H,10H2,1-2H3,(H,21,22). The van der Waals surface area contributed by atoms with E-state index in [1.807, 2.05) is 12.1 Å². The molecule has 0 aliphatic rings. The first-order valence-electron chi connectivity index (χ1n) is 7.88. The molecule has 0 bridgehead atoms. The van der Waals surface area contributed by atoms with Gasteiger partial charge in [0.1, 0.15) is 11.3 Å². The molecule has 26 heavy (non-hydrogen) atoms. The number of anilines is 1. The van der Waals surface area contributed by atoms with Crippen LogP contribution in [0.2, 0.25) is 0 Å². The van der Waals surface area contributed by atoms with Gasteiger partial charge in [0.2, 0.25) is 0 Å². The molecule has 1 N–H and O–H groups in total. The van der Waals surface area contributed by atoms with Gasteiger partial charge in [0.05, 0.1) is 11.2 Å². The number of carbonyl (C=O) groups excluding carboxylic acids is 2. The number of aryl methyl sites for hydroxylation is 2. The first-order chi connectivity index (χ1) is 12.5. The summed E-state index contributed by atoms with van der Waals surface area (Å²) in [6, 6.07) is 10.2. The largest absolute Gasteiger partial charge is 0.452 e. The second-order valence-electron chi connectivity index (χ2n) is 5.68. The Morgan fingerprint density at radius 2 is 2.00 bits per heavy atom. The highest BCUT2D eigenvalue weighted by molar-refractivity contribution is 6.02. The SMILES string of the molecule is Cc1cc(=O)oc(C)c1C(=O)OCC(=O)Nc1cccc2ncccc12. The van der Waals surface area contributed by atoms with Crippen molar-refractivity contribution in [3.63, 3.8) is 0 Å². The molecular formula is C19H16N2O5. The fourth-order valence-electron chi connectivity index (χ4n) is 2.66. The molecule has 0 saturated carbocycles. The van der Waals surface area contributed by atoms with Crippen LogP contribution in [-0.4, -0.2) is 23.5 Å². The molecule has 0 aliphatic carbocycles. The topological polar surface area (TPSA) is 98.5 Å². The normalized spacial score (nSPS) is 10.5. The molecule has 0 aliphatic heterocycles. The molecule has 7 heteroatoms. The van der Waals surface area contributed by atoms with Crippen molar-refractivity contribution in [3.05, 3.63) is 69.9 Å². The lowest BCUT2D eigenvalue weighted by atomic mass is 10.1. The molecule has 132 valence electrons. The van der Waals surface area contributed by atoms with E-state index in [9.17, 15) is 14.4 Å². The highest BCUT2D eigenvalue weighted by Crippen LogP contribution is 2.21. The second kappa shape index (κ2) is 7.18. The van der Waals surface area contributed by atoms with E-state index in [-0.39, 0.29) is 11.3 Å². The van der Waals surface area contributed by atoms with Gasteiger partial charge in [-0.15, -0.1) is 0 Å². The number of hydrogen-bond donors (Lipinski definition) is 1. The van der Waals surface area contributed by atoms with Crippen molar-refractivity contribution >= 4 is 28.5 Å². The number of benzene rings is 1. The quantitative estimate of drug-likeness (QED) is 0.725. The third-order valence-corrected chi connectivity index (χ3v) is 3.79. The van der Waals surface area contributed by atoms with Gasteiger partial charge in [-0.2, -0.15) is 0 Å². The molecule has 3 aromatic rings. The molecule has 2 heterocycles. The van der Waals surface area contributed by atoms with Crippen molar-refractivity contribution < 1.29 is 18.7 Å². The Morgan fingerprint density at radius 3 is 2.77 bits per heavy atom. The predicted octanol–water partition coefficient (Wildman–Crippen LogP) is 2.60. The highest BCUT2D eigenvalue weighted by atomic mass is 16.5. The molecule has 0 spiro atoms. The number of nitrogens with zero attached hydrogens (tertiary/aromatic N) is 1. The second-order valence-corrected chi connectivity index (χ2v) is 5.68. The Bertz CT molecular complexity index is 1020. The number of rotatable bonds is 4. The number of ether oxygens (including phenoxy) is 1. The Morgan fingerprint density at radius 1 is 1.19 bits per heavy atom. The monoisotopic (exact) mass is 352 g/mol. The van der Waals surface area contributed by atoms with Gasteiger partial charge in [0.25, 0.3) is 5.91 Å². The van der Waals surface area contributed by atoms with E-state index in [4.69, 9.17) is 9.15 Å². The molecule has 0 unspecified atom stereocenters. The van der Waals surface area contributed by atoms with E-state index in [1.54, 1.807) is 31.3 Å². The first kappa shape index (κ1) is 17.3. The van der Waals surface area contributed by atoms with Crippen LogP contribution in [0.3, 0.4) is 0 Å². The lowest BCUT2D eigenvalue weighted by molar-refractivity contribution is -0.119. The van der Waals surface area contributed by atoms with Gasteiger partial charge in [-0.3, -0.25) is 9.78 Å². The van der Waals surface area contributed by atoms with Gasteiger partial charge in [0.15, 0.2) is 6.61 Å². The van der Waals surface area contributed by atoms with E-state index in [0.717, 1.165) is 10.9 Å². The fourth-order valence-corrected chi connectivity index (χ4v) is 2.66. The maximum Gasteiger partial charge on any atom is 0.342 e. The molecule has 0 atom stereocenters. The Balaban J connectivity index is 1.69. The van der Waals surface area contributed by atoms with Crippen molar-refractivity contribution in [1.29, 1.82) is 0 Å². The van der Waals surface area contributed by atoms with Gasteiger partial charge < -0.3 is 14.5 Å². The van der Waals surface area contributed by atoms with Crippen molar-refractivity contribution in [2.24, 2.45) is 0 Å². The Kier molecular flexibility index (Phi) is 4.79. The third kappa shape index (κ3) is 3.61. The average molecular weight is 352 g/mol.